The zero-order chi connectivity index (χ0) is 9.35. The van der Waals surface area contributed by atoms with Gasteiger partial charge in [-0.25, -0.2) is 4.21 Å². The molecule has 0 aliphatic carbocycles. The third kappa shape index (κ3) is 2.03. The van der Waals surface area contributed by atoms with Gasteiger partial charge in [0.15, 0.2) is 8.77 Å². The van der Waals surface area contributed by atoms with E-state index in [1.807, 2.05) is 13.0 Å². The zero-order valence-electron chi connectivity index (χ0n) is 6.90. The Labute approximate surface area is 77.1 Å². The van der Waals surface area contributed by atoms with E-state index >= 15 is 0 Å². The molecular weight excluding hydrogens is 192 g/mol. The smallest absolute Gasteiger partial charge is 0.171 e. The highest BCUT2D eigenvalue weighted by Crippen LogP contribution is 2.16. The van der Waals surface area contributed by atoms with E-state index < -0.39 is 8.77 Å². The highest BCUT2D eigenvalue weighted by Gasteiger charge is 2.08. The van der Waals surface area contributed by atoms with Gasteiger partial charge in [0.2, 0.25) is 0 Å². The van der Waals surface area contributed by atoms with E-state index in [-0.39, 0.29) is 0 Å². The minimum absolute atomic E-state index is 0.359. The normalized spacial score (nSPS) is 15.6. The quantitative estimate of drug-likeness (QED) is 0.755. The molecule has 0 amide bonds. The van der Waals surface area contributed by atoms with E-state index in [9.17, 15) is 4.21 Å². The van der Waals surface area contributed by atoms with Crippen LogP contribution in [-0.4, -0.2) is 8.76 Å². The van der Waals surface area contributed by atoms with Crippen molar-refractivity contribution in [2.75, 3.05) is 0 Å². The lowest BCUT2D eigenvalue weighted by Crippen LogP contribution is -1.99. The van der Waals surface area contributed by atoms with Crippen molar-refractivity contribution in [2.24, 2.45) is 0 Å². The molecule has 0 aliphatic rings. The maximum absolute atomic E-state index is 11.1. The summed E-state index contributed by atoms with van der Waals surface area (Å²) in [6.45, 7) is 3.64. The predicted molar refractivity (Wildman–Crippen MR) is 52.3 cm³/mol. The molecule has 1 N–H and O–H groups in total. The summed E-state index contributed by atoms with van der Waals surface area (Å²) < 4.78 is 20.3. The van der Waals surface area contributed by atoms with E-state index in [1.165, 1.54) is 0 Å². The first kappa shape index (κ1) is 9.64. The van der Waals surface area contributed by atoms with Crippen LogP contribution in [0.5, 0.6) is 0 Å². The molecule has 1 aromatic rings. The van der Waals surface area contributed by atoms with Gasteiger partial charge in [0, 0.05) is 11.2 Å². The van der Waals surface area contributed by atoms with Gasteiger partial charge in [-0.2, -0.15) is 0 Å². The van der Waals surface area contributed by atoms with Gasteiger partial charge in [-0.3, -0.25) is 0 Å². The average Bonchev–Trinajstić information content (AvgIpc) is 1.92. The highest BCUT2D eigenvalue weighted by atomic mass is 32.8. The molecule has 1 atom stereocenters. The van der Waals surface area contributed by atoms with Crippen LogP contribution >= 0.6 is 0 Å². The van der Waals surface area contributed by atoms with Crippen molar-refractivity contribution in [3.05, 3.63) is 29.3 Å². The van der Waals surface area contributed by atoms with Gasteiger partial charge >= 0.3 is 0 Å². The lowest BCUT2D eigenvalue weighted by molar-refractivity contribution is 0.561. The fraction of sp³-hybridized carbons (Fsp3) is 0.250. The second-order valence-electron chi connectivity index (χ2n) is 2.74. The first-order valence-corrected chi connectivity index (χ1v) is 5.90. The Kier molecular flexibility index (Phi) is 2.51. The topological polar surface area (TPSA) is 37.3 Å². The van der Waals surface area contributed by atoms with Crippen LogP contribution in [0.1, 0.15) is 11.1 Å². The average molecular weight is 202 g/mol. The van der Waals surface area contributed by atoms with Gasteiger partial charge in [-0.15, -0.1) is 0 Å². The Morgan fingerprint density at radius 1 is 1.42 bits per heavy atom. The third-order valence-corrected chi connectivity index (χ3v) is 3.16. The molecular formula is C8H10O2S2. The van der Waals surface area contributed by atoms with Crippen molar-refractivity contribution in [1.82, 2.24) is 0 Å². The fourth-order valence-electron chi connectivity index (χ4n) is 0.985. The van der Waals surface area contributed by atoms with E-state index in [2.05, 4.69) is 11.2 Å². The Morgan fingerprint density at radius 3 is 2.42 bits per heavy atom. The largest absolute Gasteiger partial charge is 0.302 e. The molecule has 0 saturated heterocycles. The van der Waals surface area contributed by atoms with Crippen LogP contribution in [-0.2, 0) is 20.0 Å². The molecule has 4 heteroatoms. The van der Waals surface area contributed by atoms with Gasteiger partial charge in [-0.05, 0) is 31.0 Å². The van der Waals surface area contributed by atoms with Crippen LogP contribution in [0.2, 0.25) is 0 Å². The van der Waals surface area contributed by atoms with E-state index in [4.69, 9.17) is 4.55 Å². The second-order valence-corrected chi connectivity index (χ2v) is 5.49. The Bertz CT molecular complexity index is 394. The fourth-order valence-corrected chi connectivity index (χ4v) is 2.33. The molecule has 66 valence electrons. The van der Waals surface area contributed by atoms with Crippen molar-refractivity contribution < 1.29 is 8.76 Å². The maximum Gasteiger partial charge on any atom is 0.171 e. The Balaban J connectivity index is 3.43. The molecule has 0 radical (unpaired) electrons. The molecule has 0 saturated carbocycles. The summed E-state index contributed by atoms with van der Waals surface area (Å²) in [5.41, 5.74) is 1.71. The Morgan fingerprint density at radius 2 is 2.00 bits per heavy atom. The maximum atomic E-state index is 11.1. The van der Waals surface area contributed by atoms with E-state index in [1.54, 1.807) is 19.1 Å². The first-order chi connectivity index (χ1) is 5.41. The van der Waals surface area contributed by atoms with Crippen LogP contribution in [0.3, 0.4) is 0 Å². The van der Waals surface area contributed by atoms with Gasteiger partial charge in [0.05, 0.1) is 4.90 Å². The summed E-state index contributed by atoms with van der Waals surface area (Å²) in [7, 11) is -3.22. The van der Waals surface area contributed by atoms with Crippen molar-refractivity contribution in [1.29, 1.82) is 0 Å². The second kappa shape index (κ2) is 3.12. The van der Waals surface area contributed by atoms with Gasteiger partial charge in [0.25, 0.3) is 0 Å². The minimum atomic E-state index is -3.22. The summed E-state index contributed by atoms with van der Waals surface area (Å²) in [4.78, 5) is 0.359. The summed E-state index contributed by atoms with van der Waals surface area (Å²) in [6.07, 6.45) is 0. The number of hydrogen-bond acceptors (Lipinski definition) is 2. The number of aryl methyl sites for hydroxylation is 2. The van der Waals surface area contributed by atoms with Crippen molar-refractivity contribution in [3.8, 4) is 0 Å². The van der Waals surface area contributed by atoms with E-state index in [0.717, 1.165) is 11.1 Å². The molecule has 0 aliphatic heterocycles. The van der Waals surface area contributed by atoms with Crippen molar-refractivity contribution in [2.45, 2.75) is 18.7 Å². The Hall–Kier alpha value is -0.450. The van der Waals surface area contributed by atoms with E-state index in [0.29, 0.717) is 4.90 Å². The van der Waals surface area contributed by atoms with Crippen LogP contribution in [0.25, 0.3) is 0 Å². The number of rotatable bonds is 1. The molecule has 1 unspecified atom stereocenters. The molecule has 0 bridgehead atoms. The summed E-state index contributed by atoms with van der Waals surface area (Å²) in [5, 5.41) is 0. The van der Waals surface area contributed by atoms with Gasteiger partial charge in [-0.1, -0.05) is 12.1 Å². The van der Waals surface area contributed by atoms with Crippen LogP contribution < -0.4 is 0 Å². The molecule has 1 rings (SSSR count). The van der Waals surface area contributed by atoms with Crippen LogP contribution in [0.4, 0.5) is 0 Å². The van der Waals surface area contributed by atoms with Crippen molar-refractivity contribution in [3.63, 3.8) is 0 Å². The summed E-state index contributed by atoms with van der Waals surface area (Å²) in [6, 6.07) is 5.34. The number of hydrogen-bond donors (Lipinski definition) is 1. The number of benzene rings is 1. The minimum Gasteiger partial charge on any atom is -0.302 e. The molecule has 0 spiro atoms. The predicted octanol–water partition coefficient (Wildman–Crippen LogP) is 1.88. The molecule has 0 fully saturated rings. The van der Waals surface area contributed by atoms with Gasteiger partial charge in [0.1, 0.15) is 0 Å². The lowest BCUT2D eigenvalue weighted by atomic mass is 10.2. The molecule has 0 heterocycles. The third-order valence-electron chi connectivity index (χ3n) is 1.62. The monoisotopic (exact) mass is 202 g/mol. The summed E-state index contributed by atoms with van der Waals surface area (Å²) >= 11 is 4.48. The lowest BCUT2D eigenvalue weighted by Gasteiger charge is -2.04. The van der Waals surface area contributed by atoms with Crippen LogP contribution in [0, 0.1) is 13.8 Å². The SMILES string of the molecule is Cc1ccc(C)c(S(=O)(O)=S)c1. The molecule has 1 aromatic carbocycles. The molecule has 0 aromatic heterocycles. The molecule has 12 heavy (non-hydrogen) atoms. The highest BCUT2D eigenvalue weighted by molar-refractivity contribution is 8.29. The standard InChI is InChI=1S/C8H10O2S2/c1-6-3-4-7(2)8(5-6)12(9,10)11/h3-5H,1-2H3,(H,9,10,11). The van der Waals surface area contributed by atoms with Crippen LogP contribution in [0.15, 0.2) is 23.1 Å². The first-order valence-electron chi connectivity index (χ1n) is 3.46. The molecule has 2 nitrogen and oxygen atoms in total. The van der Waals surface area contributed by atoms with Gasteiger partial charge < -0.3 is 4.55 Å². The van der Waals surface area contributed by atoms with Crippen molar-refractivity contribution >= 4 is 20.0 Å². The summed E-state index contributed by atoms with van der Waals surface area (Å²) in [5.74, 6) is 0. The zero-order valence-corrected chi connectivity index (χ0v) is 8.54.